The van der Waals surface area contributed by atoms with Gasteiger partial charge in [0.1, 0.15) is 11.2 Å². The minimum absolute atomic E-state index is 0.103. The largest absolute Gasteiger partial charge is 0.336 e. The normalized spacial score (nSPS) is 13.2. The Morgan fingerprint density at radius 2 is 1.77 bits per heavy atom. The summed E-state index contributed by atoms with van der Waals surface area (Å²) in [5.41, 5.74) is 13.6. The highest BCUT2D eigenvalue weighted by Crippen LogP contribution is 2.36. The molecule has 1 atom stereocenters. The number of pyridine rings is 2. The molecule has 3 aromatic heterocycles. The van der Waals surface area contributed by atoms with Crippen molar-refractivity contribution in [1.82, 2.24) is 19.1 Å². The Kier molecular flexibility index (Phi) is 6.06. The summed E-state index contributed by atoms with van der Waals surface area (Å²) in [6.07, 6.45) is 5.34. The summed E-state index contributed by atoms with van der Waals surface area (Å²) in [6.45, 7) is 2.04. The van der Waals surface area contributed by atoms with E-state index in [1.54, 1.807) is 36.4 Å². The standard InChI is InChI=1S/C28H26IN5O/c1-18-5-4-6-20(11-18)23-13-26(35)34(3)27-24(23)12-22(15-32-27)28(30,25-16-31-17-33(25)2)21-9-7-19(14-29)8-10-21/h4-13,15-17H,14,30H2,1-3H3/t28-/m1/s1. The second kappa shape index (κ2) is 9.05. The van der Waals surface area contributed by atoms with Gasteiger partial charge in [-0.05, 0) is 35.2 Å². The minimum atomic E-state index is -0.991. The van der Waals surface area contributed by atoms with Gasteiger partial charge in [0.15, 0.2) is 0 Å². The van der Waals surface area contributed by atoms with Gasteiger partial charge >= 0.3 is 0 Å². The van der Waals surface area contributed by atoms with Gasteiger partial charge in [0.2, 0.25) is 0 Å². The number of alkyl halides is 1. The van der Waals surface area contributed by atoms with Gasteiger partial charge < -0.3 is 10.3 Å². The molecule has 0 aliphatic carbocycles. The first-order valence-corrected chi connectivity index (χ1v) is 12.8. The molecule has 0 saturated carbocycles. The van der Waals surface area contributed by atoms with Crippen molar-refractivity contribution in [2.75, 3.05) is 0 Å². The second-order valence-electron chi connectivity index (χ2n) is 8.95. The first-order valence-electron chi connectivity index (χ1n) is 11.3. The van der Waals surface area contributed by atoms with Crippen LogP contribution in [0.5, 0.6) is 0 Å². The monoisotopic (exact) mass is 575 g/mol. The third-order valence-electron chi connectivity index (χ3n) is 6.64. The fourth-order valence-corrected chi connectivity index (χ4v) is 5.16. The van der Waals surface area contributed by atoms with E-state index in [0.717, 1.165) is 43.3 Å². The van der Waals surface area contributed by atoms with Gasteiger partial charge in [-0.2, -0.15) is 0 Å². The molecule has 0 radical (unpaired) electrons. The van der Waals surface area contributed by atoms with Crippen molar-refractivity contribution in [3.63, 3.8) is 0 Å². The summed E-state index contributed by atoms with van der Waals surface area (Å²) in [6, 6.07) is 20.3. The van der Waals surface area contributed by atoms with Crippen LogP contribution in [0.4, 0.5) is 0 Å². The van der Waals surface area contributed by atoms with E-state index in [0.29, 0.717) is 5.65 Å². The van der Waals surface area contributed by atoms with Gasteiger partial charge in [-0.25, -0.2) is 9.97 Å². The van der Waals surface area contributed by atoms with E-state index in [-0.39, 0.29) is 5.56 Å². The van der Waals surface area contributed by atoms with Crippen molar-refractivity contribution in [3.05, 3.63) is 118 Å². The van der Waals surface area contributed by atoms with Crippen LogP contribution >= 0.6 is 22.6 Å². The fraction of sp³-hybridized carbons (Fsp3) is 0.179. The number of hydrogen-bond acceptors (Lipinski definition) is 4. The molecular weight excluding hydrogens is 549 g/mol. The molecular formula is C28H26IN5O. The van der Waals surface area contributed by atoms with Crippen molar-refractivity contribution in [1.29, 1.82) is 0 Å². The zero-order chi connectivity index (χ0) is 24.7. The average Bonchev–Trinajstić information content (AvgIpc) is 3.31. The van der Waals surface area contributed by atoms with Crippen molar-refractivity contribution in [2.24, 2.45) is 19.8 Å². The third kappa shape index (κ3) is 3.98. The number of halogens is 1. The minimum Gasteiger partial charge on any atom is -0.336 e. The molecule has 0 aliphatic heterocycles. The topological polar surface area (TPSA) is 78.7 Å². The van der Waals surface area contributed by atoms with Gasteiger partial charge in [0, 0.05) is 41.7 Å². The number of aryl methyl sites for hydroxylation is 3. The van der Waals surface area contributed by atoms with Gasteiger partial charge in [-0.15, -0.1) is 0 Å². The molecule has 2 aromatic carbocycles. The summed E-state index contributed by atoms with van der Waals surface area (Å²) in [5.74, 6) is 0. The highest BCUT2D eigenvalue weighted by molar-refractivity contribution is 14.1. The van der Waals surface area contributed by atoms with Crippen molar-refractivity contribution in [3.8, 4) is 11.1 Å². The molecule has 3 heterocycles. The third-order valence-corrected chi connectivity index (χ3v) is 7.52. The zero-order valence-electron chi connectivity index (χ0n) is 19.9. The second-order valence-corrected chi connectivity index (χ2v) is 9.71. The smallest absolute Gasteiger partial charge is 0.252 e. The fourth-order valence-electron chi connectivity index (χ4n) is 4.65. The highest BCUT2D eigenvalue weighted by Gasteiger charge is 2.35. The molecule has 7 heteroatoms. The van der Waals surface area contributed by atoms with Crippen LogP contribution in [0.15, 0.2) is 84.2 Å². The molecule has 0 amide bonds. The summed E-state index contributed by atoms with van der Waals surface area (Å²) in [4.78, 5) is 21.9. The number of aromatic nitrogens is 4. The average molecular weight is 575 g/mol. The van der Waals surface area contributed by atoms with Crippen LogP contribution in [0.3, 0.4) is 0 Å². The molecule has 5 aromatic rings. The van der Waals surface area contributed by atoms with Crippen LogP contribution in [0.2, 0.25) is 0 Å². The molecule has 0 aliphatic rings. The first kappa shape index (κ1) is 23.4. The van der Waals surface area contributed by atoms with E-state index in [1.807, 2.05) is 36.7 Å². The molecule has 35 heavy (non-hydrogen) atoms. The van der Waals surface area contributed by atoms with Crippen LogP contribution in [0.1, 0.15) is 27.9 Å². The molecule has 0 spiro atoms. The first-order chi connectivity index (χ1) is 16.8. The van der Waals surface area contributed by atoms with Crippen LogP contribution in [-0.2, 0) is 24.1 Å². The lowest BCUT2D eigenvalue weighted by Crippen LogP contribution is -2.41. The summed E-state index contributed by atoms with van der Waals surface area (Å²) < 4.78 is 4.45. The van der Waals surface area contributed by atoms with Crippen LogP contribution in [0, 0.1) is 6.92 Å². The van der Waals surface area contributed by atoms with Gasteiger partial charge in [0.25, 0.3) is 5.56 Å². The molecule has 2 N–H and O–H groups in total. The Labute approximate surface area is 217 Å². The summed E-state index contributed by atoms with van der Waals surface area (Å²) >= 11 is 2.36. The highest BCUT2D eigenvalue weighted by atomic mass is 127. The SMILES string of the molecule is Cc1cccc(-c2cc(=O)n(C)c3ncc([C@](N)(c4ccc(CI)cc4)c4cncn4C)cc23)c1. The molecule has 0 saturated heterocycles. The summed E-state index contributed by atoms with van der Waals surface area (Å²) in [7, 11) is 3.69. The molecule has 0 fully saturated rings. The Hall–Kier alpha value is -3.30. The maximum absolute atomic E-state index is 12.8. The van der Waals surface area contributed by atoms with Gasteiger partial charge in [-0.3, -0.25) is 9.36 Å². The number of fused-ring (bicyclic) bond motifs is 1. The Morgan fingerprint density at radius 1 is 1.00 bits per heavy atom. The number of benzene rings is 2. The van der Waals surface area contributed by atoms with E-state index < -0.39 is 5.54 Å². The van der Waals surface area contributed by atoms with Gasteiger partial charge in [-0.1, -0.05) is 76.7 Å². The molecule has 176 valence electrons. The number of nitrogens with zero attached hydrogens (tertiary/aromatic N) is 4. The van der Waals surface area contributed by atoms with E-state index in [4.69, 9.17) is 10.7 Å². The van der Waals surface area contributed by atoms with E-state index >= 15 is 0 Å². The van der Waals surface area contributed by atoms with Gasteiger partial charge in [0.05, 0.1) is 18.2 Å². The molecule has 5 rings (SSSR count). The lowest BCUT2D eigenvalue weighted by atomic mass is 9.81. The number of hydrogen-bond donors (Lipinski definition) is 1. The maximum Gasteiger partial charge on any atom is 0.252 e. The maximum atomic E-state index is 12.8. The predicted octanol–water partition coefficient (Wildman–Crippen LogP) is 4.83. The van der Waals surface area contributed by atoms with Crippen molar-refractivity contribution >= 4 is 33.6 Å². The van der Waals surface area contributed by atoms with Crippen molar-refractivity contribution in [2.45, 2.75) is 16.9 Å². The summed E-state index contributed by atoms with van der Waals surface area (Å²) in [5, 5.41) is 0.871. The van der Waals surface area contributed by atoms with Crippen molar-refractivity contribution < 1.29 is 0 Å². The van der Waals surface area contributed by atoms with E-state index in [1.165, 1.54) is 5.56 Å². The predicted molar refractivity (Wildman–Crippen MR) is 149 cm³/mol. The lowest BCUT2D eigenvalue weighted by Gasteiger charge is -2.31. The Morgan fingerprint density at radius 3 is 2.43 bits per heavy atom. The number of rotatable bonds is 5. The number of imidazole rings is 1. The lowest BCUT2D eigenvalue weighted by molar-refractivity contribution is 0.594. The number of nitrogens with two attached hydrogens (primary N) is 1. The quantitative estimate of drug-likeness (QED) is 0.241. The molecule has 0 bridgehead atoms. The van der Waals surface area contributed by atoms with E-state index in [9.17, 15) is 4.79 Å². The van der Waals surface area contributed by atoms with Crippen LogP contribution < -0.4 is 11.3 Å². The van der Waals surface area contributed by atoms with Crippen LogP contribution in [0.25, 0.3) is 22.2 Å². The van der Waals surface area contributed by atoms with Crippen LogP contribution in [-0.4, -0.2) is 19.1 Å². The molecule has 0 unspecified atom stereocenters. The Balaban J connectivity index is 1.82. The van der Waals surface area contributed by atoms with E-state index in [2.05, 4.69) is 64.0 Å². The zero-order valence-corrected chi connectivity index (χ0v) is 22.0. The Bertz CT molecular complexity index is 1600. The molecule has 6 nitrogen and oxygen atoms in total.